The molecule has 1 aromatic rings. The zero-order valence-electron chi connectivity index (χ0n) is 9.40. The molecule has 1 aliphatic rings. The van der Waals surface area contributed by atoms with Crippen molar-refractivity contribution in [3.63, 3.8) is 0 Å². The molecule has 1 amide bonds. The molecule has 4 nitrogen and oxygen atoms in total. The van der Waals surface area contributed by atoms with Gasteiger partial charge in [0.05, 0.1) is 22.9 Å². The molecule has 0 fully saturated rings. The lowest BCUT2D eigenvalue weighted by atomic mass is 10.1. The summed E-state index contributed by atoms with van der Waals surface area (Å²) < 4.78 is 5.19. The monoisotopic (exact) mass is 253 g/mol. The van der Waals surface area contributed by atoms with Gasteiger partial charge in [0.15, 0.2) is 0 Å². The number of halogens is 1. The third-order valence-electron chi connectivity index (χ3n) is 2.60. The number of para-hydroxylation sites is 1. The molecule has 1 heterocycles. The van der Waals surface area contributed by atoms with Crippen molar-refractivity contribution in [2.45, 2.75) is 6.92 Å². The summed E-state index contributed by atoms with van der Waals surface area (Å²) in [5.74, 6) is -1.04. The Hall–Kier alpha value is -1.39. The van der Waals surface area contributed by atoms with Crippen LogP contribution in [0, 0.1) is 0 Å². The Bertz CT molecular complexity index is 473. The topological polar surface area (TPSA) is 46.6 Å². The predicted octanol–water partition coefficient (Wildman–Crippen LogP) is 1.91. The zero-order valence-corrected chi connectivity index (χ0v) is 10.2. The molecule has 0 saturated carbocycles. The van der Waals surface area contributed by atoms with Gasteiger partial charge in [-0.25, -0.2) is 0 Å². The first-order valence-electron chi connectivity index (χ1n) is 5.39. The Balaban J connectivity index is 2.30. The van der Waals surface area contributed by atoms with Crippen molar-refractivity contribution in [1.29, 1.82) is 0 Å². The molecule has 0 spiro atoms. The summed E-state index contributed by atoms with van der Waals surface area (Å²) in [6.07, 6.45) is 0. The Morgan fingerprint density at radius 2 is 2.12 bits per heavy atom. The Labute approximate surface area is 104 Å². The average molecular weight is 254 g/mol. The smallest absolute Gasteiger partial charge is 0.299 e. The van der Waals surface area contributed by atoms with Crippen LogP contribution in [0.25, 0.3) is 0 Å². The highest BCUT2D eigenvalue weighted by Gasteiger charge is 2.36. The van der Waals surface area contributed by atoms with E-state index in [1.54, 1.807) is 18.2 Å². The van der Waals surface area contributed by atoms with Crippen LogP contribution in [0.3, 0.4) is 0 Å². The molecule has 1 aliphatic heterocycles. The van der Waals surface area contributed by atoms with Crippen molar-refractivity contribution >= 4 is 29.0 Å². The zero-order chi connectivity index (χ0) is 12.4. The molecule has 0 saturated heterocycles. The number of anilines is 1. The van der Waals surface area contributed by atoms with Crippen LogP contribution in [-0.4, -0.2) is 31.4 Å². The van der Waals surface area contributed by atoms with Crippen molar-refractivity contribution in [1.82, 2.24) is 0 Å². The lowest BCUT2D eigenvalue weighted by Gasteiger charge is -2.17. The predicted molar refractivity (Wildman–Crippen MR) is 64.6 cm³/mol. The molecule has 0 unspecified atom stereocenters. The molecular weight excluding hydrogens is 242 g/mol. The van der Waals surface area contributed by atoms with Crippen LogP contribution in [0.5, 0.6) is 0 Å². The van der Waals surface area contributed by atoms with Crippen molar-refractivity contribution < 1.29 is 14.3 Å². The van der Waals surface area contributed by atoms with Gasteiger partial charge in [-0.2, -0.15) is 0 Å². The van der Waals surface area contributed by atoms with E-state index in [0.29, 0.717) is 36.0 Å². The minimum atomic E-state index is -0.534. The van der Waals surface area contributed by atoms with Crippen molar-refractivity contribution in [3.8, 4) is 0 Å². The SMILES string of the molecule is CCOCCN1C(=O)C(=O)c2cccc(Cl)c21. The van der Waals surface area contributed by atoms with E-state index in [4.69, 9.17) is 16.3 Å². The van der Waals surface area contributed by atoms with E-state index in [0.717, 1.165) is 0 Å². The van der Waals surface area contributed by atoms with E-state index in [9.17, 15) is 9.59 Å². The Morgan fingerprint density at radius 1 is 1.35 bits per heavy atom. The summed E-state index contributed by atoms with van der Waals surface area (Å²) in [5.41, 5.74) is 0.878. The quantitative estimate of drug-likeness (QED) is 0.608. The van der Waals surface area contributed by atoms with Gasteiger partial charge in [0.2, 0.25) is 0 Å². The average Bonchev–Trinajstić information content (AvgIpc) is 2.56. The molecule has 5 heteroatoms. The Kier molecular flexibility index (Phi) is 3.45. The first-order valence-corrected chi connectivity index (χ1v) is 5.77. The maximum Gasteiger partial charge on any atom is 0.299 e. The molecule has 2 rings (SSSR count). The summed E-state index contributed by atoms with van der Waals surface area (Å²) in [5, 5.41) is 0.415. The number of carbonyl (C=O) groups excluding carboxylic acids is 2. The number of Topliss-reactive ketones (excluding diaryl/α,β-unsaturated/α-hetero) is 1. The van der Waals surface area contributed by atoms with E-state index in [1.165, 1.54) is 4.90 Å². The van der Waals surface area contributed by atoms with Crippen LogP contribution in [-0.2, 0) is 9.53 Å². The molecule has 0 bridgehead atoms. The number of benzene rings is 1. The largest absolute Gasteiger partial charge is 0.380 e. The number of hydrogen-bond acceptors (Lipinski definition) is 3. The van der Waals surface area contributed by atoms with Crippen LogP contribution < -0.4 is 4.90 Å². The molecule has 1 aromatic carbocycles. The fourth-order valence-electron chi connectivity index (χ4n) is 1.83. The molecule has 0 aliphatic carbocycles. The summed E-state index contributed by atoms with van der Waals surface area (Å²) in [6.45, 7) is 3.18. The van der Waals surface area contributed by atoms with Gasteiger partial charge in [0.25, 0.3) is 11.7 Å². The van der Waals surface area contributed by atoms with Crippen LogP contribution in [0.2, 0.25) is 5.02 Å². The highest BCUT2D eigenvalue weighted by Crippen LogP contribution is 2.35. The molecule has 0 N–H and O–H groups in total. The minimum Gasteiger partial charge on any atom is -0.380 e. The van der Waals surface area contributed by atoms with Gasteiger partial charge in [-0.15, -0.1) is 0 Å². The van der Waals surface area contributed by atoms with Crippen LogP contribution >= 0.6 is 11.6 Å². The van der Waals surface area contributed by atoms with E-state index < -0.39 is 11.7 Å². The normalized spacial score (nSPS) is 14.4. The van der Waals surface area contributed by atoms with Crippen molar-refractivity contribution in [3.05, 3.63) is 28.8 Å². The summed E-state index contributed by atoms with van der Waals surface area (Å²) in [4.78, 5) is 24.9. The fraction of sp³-hybridized carbons (Fsp3) is 0.333. The van der Waals surface area contributed by atoms with Crippen LogP contribution in [0.4, 0.5) is 5.69 Å². The maximum absolute atomic E-state index is 11.8. The van der Waals surface area contributed by atoms with Crippen LogP contribution in [0.1, 0.15) is 17.3 Å². The van der Waals surface area contributed by atoms with E-state index in [1.807, 2.05) is 6.92 Å². The molecule has 0 aromatic heterocycles. The van der Waals surface area contributed by atoms with E-state index in [-0.39, 0.29) is 0 Å². The van der Waals surface area contributed by atoms with Gasteiger partial charge in [-0.3, -0.25) is 9.59 Å². The van der Waals surface area contributed by atoms with E-state index >= 15 is 0 Å². The fourth-order valence-corrected chi connectivity index (χ4v) is 2.10. The second-order valence-electron chi connectivity index (χ2n) is 3.62. The Morgan fingerprint density at radius 3 is 2.82 bits per heavy atom. The van der Waals surface area contributed by atoms with Gasteiger partial charge >= 0.3 is 0 Å². The lowest BCUT2D eigenvalue weighted by molar-refractivity contribution is -0.114. The number of nitrogens with zero attached hydrogens (tertiary/aromatic N) is 1. The number of carbonyl (C=O) groups is 2. The number of amides is 1. The number of ketones is 1. The molecule has 0 radical (unpaired) electrons. The number of rotatable bonds is 4. The van der Waals surface area contributed by atoms with Crippen molar-refractivity contribution in [2.24, 2.45) is 0 Å². The lowest BCUT2D eigenvalue weighted by Crippen LogP contribution is -2.33. The summed E-state index contributed by atoms with van der Waals surface area (Å²) in [6, 6.07) is 4.94. The summed E-state index contributed by atoms with van der Waals surface area (Å²) >= 11 is 6.02. The summed E-state index contributed by atoms with van der Waals surface area (Å²) in [7, 11) is 0. The molecule has 0 atom stereocenters. The first-order chi connectivity index (χ1) is 8.16. The third-order valence-corrected chi connectivity index (χ3v) is 2.91. The molecular formula is C12H12ClNO3. The second-order valence-corrected chi connectivity index (χ2v) is 4.03. The van der Waals surface area contributed by atoms with Gasteiger partial charge in [0, 0.05) is 13.2 Å². The van der Waals surface area contributed by atoms with Gasteiger partial charge in [-0.05, 0) is 19.1 Å². The third kappa shape index (κ3) is 2.06. The number of fused-ring (bicyclic) bond motifs is 1. The standard InChI is InChI=1S/C12H12ClNO3/c1-2-17-7-6-14-10-8(11(15)12(14)16)4-3-5-9(10)13/h3-5H,2,6-7H2,1H3. The minimum absolute atomic E-state index is 0.342. The maximum atomic E-state index is 11.8. The highest BCUT2D eigenvalue weighted by molar-refractivity contribution is 6.54. The second kappa shape index (κ2) is 4.85. The van der Waals surface area contributed by atoms with E-state index in [2.05, 4.69) is 0 Å². The van der Waals surface area contributed by atoms with Gasteiger partial charge in [0.1, 0.15) is 0 Å². The molecule has 17 heavy (non-hydrogen) atoms. The molecule has 90 valence electrons. The van der Waals surface area contributed by atoms with Gasteiger partial charge < -0.3 is 9.64 Å². The first kappa shape index (κ1) is 12.1. The highest BCUT2D eigenvalue weighted by atomic mass is 35.5. The van der Waals surface area contributed by atoms with Crippen LogP contribution in [0.15, 0.2) is 18.2 Å². The van der Waals surface area contributed by atoms with Gasteiger partial charge in [-0.1, -0.05) is 17.7 Å². The number of ether oxygens (including phenoxy) is 1. The number of hydrogen-bond donors (Lipinski definition) is 0. The van der Waals surface area contributed by atoms with Crippen molar-refractivity contribution in [2.75, 3.05) is 24.7 Å².